The van der Waals surface area contributed by atoms with Crippen LogP contribution in [0.3, 0.4) is 0 Å². The second-order valence-electron chi connectivity index (χ2n) is 5.30. The van der Waals surface area contributed by atoms with Crippen molar-refractivity contribution < 1.29 is 0 Å². The third kappa shape index (κ3) is 1.31. The molecule has 0 amide bonds. The lowest BCUT2D eigenvalue weighted by molar-refractivity contribution is 0.223. The summed E-state index contributed by atoms with van der Waals surface area (Å²) in [5, 5.41) is 9.65. The quantitative estimate of drug-likeness (QED) is 0.749. The van der Waals surface area contributed by atoms with Crippen molar-refractivity contribution in [3.05, 3.63) is 24.3 Å². The lowest BCUT2D eigenvalue weighted by atomic mass is 9.83. The first-order valence-electron chi connectivity index (χ1n) is 6.64. The number of benzene rings is 1. The van der Waals surface area contributed by atoms with Crippen LogP contribution in [0, 0.1) is 5.92 Å². The van der Waals surface area contributed by atoms with Gasteiger partial charge in [0.05, 0.1) is 11.6 Å². The zero-order chi connectivity index (χ0) is 11.2. The third-order valence-corrected chi connectivity index (χ3v) is 4.32. The van der Waals surface area contributed by atoms with Gasteiger partial charge in [0.2, 0.25) is 0 Å². The van der Waals surface area contributed by atoms with E-state index in [1.54, 1.807) is 0 Å². The first kappa shape index (κ1) is 9.51. The molecule has 0 spiro atoms. The average molecular weight is 227 g/mol. The van der Waals surface area contributed by atoms with Gasteiger partial charge >= 0.3 is 0 Å². The molecule has 17 heavy (non-hydrogen) atoms. The highest BCUT2D eigenvalue weighted by atomic mass is 15.4. The van der Waals surface area contributed by atoms with E-state index in [0.717, 1.165) is 18.0 Å². The summed E-state index contributed by atoms with van der Waals surface area (Å²) in [6.07, 6.45) is 5.40. The Hall–Kier alpha value is -1.51. The number of hydrogen-bond donors (Lipinski definition) is 1. The molecule has 0 saturated heterocycles. The van der Waals surface area contributed by atoms with Crippen LogP contribution in [0.15, 0.2) is 24.3 Å². The molecule has 0 bridgehead atoms. The minimum Gasteiger partial charge on any atom is -0.369 e. The molecular weight excluding hydrogens is 210 g/mol. The zero-order valence-corrected chi connectivity index (χ0v) is 9.89. The summed E-state index contributed by atoms with van der Waals surface area (Å²) in [6, 6.07) is 9.08. The number of rotatable bonds is 0. The Morgan fingerprint density at radius 3 is 3.06 bits per heavy atom. The molecule has 1 aliphatic carbocycles. The molecule has 2 aromatic rings. The van der Waals surface area contributed by atoms with Gasteiger partial charge in [-0.2, -0.15) is 5.10 Å². The fraction of sp³-hybridized carbons (Fsp3) is 0.500. The van der Waals surface area contributed by atoms with Crippen molar-refractivity contribution in [1.29, 1.82) is 0 Å². The van der Waals surface area contributed by atoms with Crippen LogP contribution in [-0.2, 0) is 0 Å². The second kappa shape index (κ2) is 3.49. The monoisotopic (exact) mass is 227 g/mol. The molecule has 0 radical (unpaired) electrons. The molecular formula is C14H17N3. The van der Waals surface area contributed by atoms with E-state index in [1.807, 2.05) is 0 Å². The van der Waals surface area contributed by atoms with Crippen LogP contribution in [0.2, 0.25) is 0 Å². The number of hydrogen-bond acceptors (Lipinski definition) is 2. The predicted molar refractivity (Wildman–Crippen MR) is 69.2 cm³/mol. The second-order valence-corrected chi connectivity index (χ2v) is 5.30. The van der Waals surface area contributed by atoms with Gasteiger partial charge in [-0.15, -0.1) is 0 Å². The fourth-order valence-corrected chi connectivity index (χ4v) is 3.44. The molecule has 2 unspecified atom stereocenters. The smallest absolute Gasteiger partial charge is 0.132 e. The van der Waals surface area contributed by atoms with Crippen LogP contribution in [-0.4, -0.2) is 16.3 Å². The van der Waals surface area contributed by atoms with Gasteiger partial charge in [-0.1, -0.05) is 25.0 Å². The molecule has 2 aliphatic rings. The summed E-state index contributed by atoms with van der Waals surface area (Å²) in [7, 11) is 0. The lowest BCUT2D eigenvalue weighted by Crippen LogP contribution is -2.35. The molecule has 2 atom stereocenters. The minimum absolute atomic E-state index is 0.632. The molecule has 3 heteroatoms. The highest BCUT2D eigenvalue weighted by molar-refractivity contribution is 5.90. The number of anilines is 1. The van der Waals surface area contributed by atoms with Gasteiger partial charge in [-0.25, -0.2) is 4.68 Å². The van der Waals surface area contributed by atoms with E-state index in [2.05, 4.69) is 34.3 Å². The van der Waals surface area contributed by atoms with Gasteiger partial charge in [0, 0.05) is 11.9 Å². The first-order valence-corrected chi connectivity index (χ1v) is 6.64. The standard InChI is InChI=1S/C14H17N3/c1-4-8-13-10(5-1)9-15-14-11-6-2-3-7-12(11)16-17(13)14/h2-3,6-7,10,13,15H,1,4-5,8-9H2. The van der Waals surface area contributed by atoms with E-state index in [1.165, 1.54) is 36.9 Å². The number of nitrogens with zero attached hydrogens (tertiary/aromatic N) is 2. The van der Waals surface area contributed by atoms with Crippen molar-refractivity contribution >= 4 is 16.7 Å². The maximum Gasteiger partial charge on any atom is 0.132 e. The third-order valence-electron chi connectivity index (χ3n) is 4.32. The maximum absolute atomic E-state index is 4.79. The highest BCUT2D eigenvalue weighted by Crippen LogP contribution is 2.40. The summed E-state index contributed by atoms with van der Waals surface area (Å²) in [4.78, 5) is 0. The van der Waals surface area contributed by atoms with Gasteiger partial charge in [0.15, 0.2) is 0 Å². The summed E-state index contributed by atoms with van der Waals surface area (Å²) < 4.78 is 2.26. The summed E-state index contributed by atoms with van der Waals surface area (Å²) in [5.41, 5.74) is 1.13. The normalized spacial score (nSPS) is 27.3. The van der Waals surface area contributed by atoms with Crippen LogP contribution in [0.25, 0.3) is 10.9 Å². The van der Waals surface area contributed by atoms with Gasteiger partial charge in [0.1, 0.15) is 5.82 Å². The van der Waals surface area contributed by atoms with E-state index < -0.39 is 0 Å². The van der Waals surface area contributed by atoms with Crippen LogP contribution in [0.1, 0.15) is 31.7 Å². The van der Waals surface area contributed by atoms with Gasteiger partial charge in [0.25, 0.3) is 0 Å². The number of aromatic nitrogens is 2. The molecule has 1 N–H and O–H groups in total. The number of nitrogens with one attached hydrogen (secondary N) is 1. The van der Waals surface area contributed by atoms with Crippen LogP contribution in [0.4, 0.5) is 5.82 Å². The molecule has 3 nitrogen and oxygen atoms in total. The largest absolute Gasteiger partial charge is 0.369 e. The molecule has 1 saturated carbocycles. The fourth-order valence-electron chi connectivity index (χ4n) is 3.44. The van der Waals surface area contributed by atoms with Crippen molar-refractivity contribution in [3.8, 4) is 0 Å². The van der Waals surface area contributed by atoms with E-state index in [-0.39, 0.29) is 0 Å². The van der Waals surface area contributed by atoms with E-state index in [0.29, 0.717) is 6.04 Å². The topological polar surface area (TPSA) is 29.9 Å². The maximum atomic E-state index is 4.79. The molecule has 2 heterocycles. The van der Waals surface area contributed by atoms with Crippen LogP contribution in [0.5, 0.6) is 0 Å². The van der Waals surface area contributed by atoms with E-state index >= 15 is 0 Å². The Balaban J connectivity index is 1.89. The van der Waals surface area contributed by atoms with Crippen molar-refractivity contribution in [2.75, 3.05) is 11.9 Å². The first-order chi connectivity index (χ1) is 8.43. The van der Waals surface area contributed by atoms with Gasteiger partial charge < -0.3 is 5.32 Å². The molecule has 88 valence electrons. The van der Waals surface area contributed by atoms with E-state index in [4.69, 9.17) is 5.10 Å². The van der Waals surface area contributed by atoms with Crippen molar-refractivity contribution in [2.45, 2.75) is 31.7 Å². The minimum atomic E-state index is 0.632. The Kier molecular flexibility index (Phi) is 1.95. The Morgan fingerprint density at radius 1 is 1.18 bits per heavy atom. The molecule has 1 fully saturated rings. The summed E-state index contributed by atoms with van der Waals surface area (Å²) in [6.45, 7) is 1.13. The highest BCUT2D eigenvalue weighted by Gasteiger charge is 2.33. The Bertz CT molecular complexity index is 558. The van der Waals surface area contributed by atoms with Crippen LogP contribution < -0.4 is 5.32 Å². The zero-order valence-electron chi connectivity index (χ0n) is 9.89. The summed E-state index contributed by atoms with van der Waals surface area (Å²) in [5.74, 6) is 2.02. The Morgan fingerprint density at radius 2 is 2.06 bits per heavy atom. The predicted octanol–water partition coefficient (Wildman–Crippen LogP) is 3.19. The Labute approximate surface area is 101 Å². The van der Waals surface area contributed by atoms with Gasteiger partial charge in [-0.05, 0) is 30.9 Å². The number of fused-ring (bicyclic) bond motifs is 5. The molecule has 1 aromatic carbocycles. The summed E-state index contributed by atoms with van der Waals surface area (Å²) >= 11 is 0. The van der Waals surface area contributed by atoms with E-state index in [9.17, 15) is 0 Å². The average Bonchev–Trinajstić information content (AvgIpc) is 2.78. The molecule has 4 rings (SSSR count). The molecule has 1 aliphatic heterocycles. The van der Waals surface area contributed by atoms with Crippen molar-refractivity contribution in [1.82, 2.24) is 9.78 Å². The SMILES string of the molecule is c1ccc2c3n(nc2c1)C1CCCCC1CN3. The van der Waals surface area contributed by atoms with Crippen molar-refractivity contribution in [3.63, 3.8) is 0 Å². The molecule has 1 aromatic heterocycles. The van der Waals surface area contributed by atoms with Crippen molar-refractivity contribution in [2.24, 2.45) is 5.92 Å². The lowest BCUT2D eigenvalue weighted by Gasteiger charge is -2.37. The van der Waals surface area contributed by atoms with Gasteiger partial charge in [-0.3, -0.25) is 0 Å². The van der Waals surface area contributed by atoms with Crippen LogP contribution >= 0.6 is 0 Å².